The lowest BCUT2D eigenvalue weighted by molar-refractivity contribution is -0.128. The van der Waals surface area contributed by atoms with E-state index in [1.54, 1.807) is 6.92 Å². The van der Waals surface area contributed by atoms with Crippen LogP contribution in [-0.4, -0.2) is 17.6 Å². The summed E-state index contributed by atoms with van der Waals surface area (Å²) in [5, 5.41) is 0. The number of ether oxygens (including phenoxy) is 1. The highest BCUT2D eigenvalue weighted by molar-refractivity contribution is 5.36. The summed E-state index contributed by atoms with van der Waals surface area (Å²) in [5.41, 5.74) is 1.32. The standard InChI is InChI=1S/C6H9N.C3H6O2/c1-6-3-4-7(2)5-6;1-2-5-3-4/h3-5H,1-2H3;3H,2H2,1H3. The van der Waals surface area contributed by atoms with Gasteiger partial charge in [-0.2, -0.15) is 0 Å². The van der Waals surface area contributed by atoms with Gasteiger partial charge in [-0.05, 0) is 25.5 Å². The molecule has 0 spiro atoms. The van der Waals surface area contributed by atoms with E-state index in [2.05, 4.69) is 23.9 Å². The summed E-state index contributed by atoms with van der Waals surface area (Å²) in [6.45, 7) is 4.75. The first-order chi connectivity index (χ1) is 5.70. The van der Waals surface area contributed by atoms with Crippen LogP contribution in [0.3, 0.4) is 0 Å². The average Bonchev–Trinajstić information content (AvgIpc) is 2.38. The Kier molecular flexibility index (Phi) is 5.79. The van der Waals surface area contributed by atoms with Gasteiger partial charge in [0.1, 0.15) is 0 Å². The van der Waals surface area contributed by atoms with E-state index in [0.717, 1.165) is 0 Å². The molecule has 0 N–H and O–H groups in total. The van der Waals surface area contributed by atoms with Gasteiger partial charge in [-0.3, -0.25) is 4.79 Å². The molecule has 0 aromatic carbocycles. The molecule has 0 fully saturated rings. The molecule has 0 amide bonds. The first-order valence-corrected chi connectivity index (χ1v) is 3.84. The fraction of sp³-hybridized carbons (Fsp3) is 0.444. The fourth-order valence-electron chi connectivity index (χ4n) is 0.710. The lowest BCUT2D eigenvalue weighted by Crippen LogP contribution is -1.80. The Labute approximate surface area is 73.0 Å². The van der Waals surface area contributed by atoms with Crippen molar-refractivity contribution in [2.45, 2.75) is 13.8 Å². The molecule has 1 aromatic heterocycles. The smallest absolute Gasteiger partial charge is 0.293 e. The quantitative estimate of drug-likeness (QED) is 0.628. The average molecular weight is 169 g/mol. The Hall–Kier alpha value is -1.25. The van der Waals surface area contributed by atoms with Crippen LogP contribution in [0.1, 0.15) is 12.5 Å². The second-order valence-corrected chi connectivity index (χ2v) is 2.41. The lowest BCUT2D eigenvalue weighted by Gasteiger charge is -1.80. The minimum atomic E-state index is 0.431. The first-order valence-electron chi connectivity index (χ1n) is 3.84. The zero-order valence-corrected chi connectivity index (χ0v) is 7.78. The summed E-state index contributed by atoms with van der Waals surface area (Å²) in [4.78, 5) is 9.18. The van der Waals surface area contributed by atoms with Crippen LogP contribution in [0.2, 0.25) is 0 Å². The third-order valence-electron chi connectivity index (χ3n) is 1.21. The van der Waals surface area contributed by atoms with Crippen molar-refractivity contribution >= 4 is 6.47 Å². The number of hydrogen-bond acceptors (Lipinski definition) is 2. The van der Waals surface area contributed by atoms with E-state index in [1.807, 2.05) is 17.8 Å². The van der Waals surface area contributed by atoms with E-state index >= 15 is 0 Å². The fourth-order valence-corrected chi connectivity index (χ4v) is 0.710. The molecular formula is C9H15NO2. The molecule has 0 bridgehead atoms. The van der Waals surface area contributed by atoms with Crippen molar-refractivity contribution in [3.05, 3.63) is 24.0 Å². The number of rotatable bonds is 2. The molecule has 0 atom stereocenters. The Morgan fingerprint density at radius 1 is 1.67 bits per heavy atom. The van der Waals surface area contributed by atoms with Gasteiger partial charge in [0.2, 0.25) is 0 Å². The maximum Gasteiger partial charge on any atom is 0.293 e. The van der Waals surface area contributed by atoms with Gasteiger partial charge in [-0.1, -0.05) is 0 Å². The van der Waals surface area contributed by atoms with Crippen molar-refractivity contribution in [3.8, 4) is 0 Å². The van der Waals surface area contributed by atoms with Crippen molar-refractivity contribution in [3.63, 3.8) is 0 Å². The Morgan fingerprint density at radius 3 is 2.42 bits per heavy atom. The molecule has 0 unspecified atom stereocenters. The van der Waals surface area contributed by atoms with Gasteiger partial charge in [-0.15, -0.1) is 0 Å². The topological polar surface area (TPSA) is 31.2 Å². The van der Waals surface area contributed by atoms with Crippen molar-refractivity contribution in [2.24, 2.45) is 7.05 Å². The third-order valence-corrected chi connectivity index (χ3v) is 1.21. The van der Waals surface area contributed by atoms with E-state index in [-0.39, 0.29) is 0 Å². The second-order valence-electron chi connectivity index (χ2n) is 2.41. The van der Waals surface area contributed by atoms with Crippen LogP contribution in [0.5, 0.6) is 0 Å². The summed E-state index contributed by atoms with van der Waals surface area (Å²) in [6.07, 6.45) is 4.12. The predicted molar refractivity (Wildman–Crippen MR) is 47.8 cm³/mol. The van der Waals surface area contributed by atoms with Crippen LogP contribution >= 0.6 is 0 Å². The number of aryl methyl sites for hydroxylation is 2. The molecule has 1 aromatic rings. The van der Waals surface area contributed by atoms with Crippen LogP contribution in [0, 0.1) is 6.92 Å². The number of carbonyl (C=O) groups excluding carboxylic acids is 1. The zero-order valence-electron chi connectivity index (χ0n) is 7.78. The summed E-state index contributed by atoms with van der Waals surface area (Å²) in [5.74, 6) is 0. The molecule has 3 nitrogen and oxygen atoms in total. The molecule has 0 radical (unpaired) electrons. The molecule has 3 heteroatoms. The second kappa shape index (κ2) is 6.46. The van der Waals surface area contributed by atoms with Gasteiger partial charge < -0.3 is 9.30 Å². The Balaban J connectivity index is 0.000000217. The van der Waals surface area contributed by atoms with Crippen molar-refractivity contribution < 1.29 is 9.53 Å². The van der Waals surface area contributed by atoms with E-state index in [4.69, 9.17) is 0 Å². The lowest BCUT2D eigenvalue weighted by atomic mass is 10.4. The highest BCUT2D eigenvalue weighted by atomic mass is 16.5. The predicted octanol–water partition coefficient (Wildman–Crippen LogP) is 1.51. The highest BCUT2D eigenvalue weighted by Crippen LogP contribution is 1.93. The largest absolute Gasteiger partial charge is 0.468 e. The molecule has 0 aliphatic heterocycles. The van der Waals surface area contributed by atoms with Gasteiger partial charge >= 0.3 is 0 Å². The number of nitrogens with zero attached hydrogens (tertiary/aromatic N) is 1. The van der Waals surface area contributed by atoms with Crippen LogP contribution < -0.4 is 0 Å². The molecule has 0 aliphatic carbocycles. The first kappa shape index (κ1) is 10.8. The molecular weight excluding hydrogens is 154 g/mol. The summed E-state index contributed by atoms with van der Waals surface area (Å²) < 4.78 is 6.19. The molecule has 1 rings (SSSR count). The normalized spacial score (nSPS) is 8.25. The van der Waals surface area contributed by atoms with Crippen LogP contribution in [0.4, 0.5) is 0 Å². The molecule has 68 valence electrons. The number of hydrogen-bond donors (Lipinski definition) is 0. The van der Waals surface area contributed by atoms with Gasteiger partial charge in [0.05, 0.1) is 6.61 Å². The molecule has 1 heterocycles. The van der Waals surface area contributed by atoms with Gasteiger partial charge in [0.25, 0.3) is 6.47 Å². The number of carbonyl (C=O) groups is 1. The molecule has 0 aliphatic rings. The van der Waals surface area contributed by atoms with Crippen molar-refractivity contribution in [1.82, 2.24) is 4.57 Å². The number of aromatic nitrogens is 1. The maximum absolute atomic E-state index is 9.18. The van der Waals surface area contributed by atoms with E-state index in [9.17, 15) is 4.79 Å². The summed E-state index contributed by atoms with van der Waals surface area (Å²) in [7, 11) is 2.02. The van der Waals surface area contributed by atoms with E-state index in [1.165, 1.54) is 5.56 Å². The Bertz CT molecular complexity index is 202. The monoisotopic (exact) mass is 169 g/mol. The Morgan fingerprint density at radius 2 is 2.33 bits per heavy atom. The maximum atomic E-state index is 9.18. The molecule has 12 heavy (non-hydrogen) atoms. The highest BCUT2D eigenvalue weighted by Gasteiger charge is 1.80. The minimum Gasteiger partial charge on any atom is -0.468 e. The van der Waals surface area contributed by atoms with Crippen LogP contribution in [0.25, 0.3) is 0 Å². The van der Waals surface area contributed by atoms with E-state index in [0.29, 0.717) is 13.1 Å². The summed E-state index contributed by atoms with van der Waals surface area (Å²) in [6, 6.07) is 2.08. The summed E-state index contributed by atoms with van der Waals surface area (Å²) >= 11 is 0. The SMILES string of the molecule is CCOC=O.Cc1ccn(C)c1. The van der Waals surface area contributed by atoms with Crippen LogP contribution in [0.15, 0.2) is 18.5 Å². The van der Waals surface area contributed by atoms with Crippen molar-refractivity contribution in [2.75, 3.05) is 6.61 Å². The van der Waals surface area contributed by atoms with Gasteiger partial charge in [0, 0.05) is 19.4 Å². The third kappa shape index (κ3) is 5.53. The zero-order chi connectivity index (χ0) is 9.40. The van der Waals surface area contributed by atoms with Gasteiger partial charge in [0.15, 0.2) is 0 Å². The van der Waals surface area contributed by atoms with Crippen LogP contribution in [-0.2, 0) is 16.6 Å². The minimum absolute atomic E-state index is 0.431. The van der Waals surface area contributed by atoms with Gasteiger partial charge in [-0.25, -0.2) is 0 Å². The molecule has 0 saturated heterocycles. The molecule has 0 saturated carbocycles. The van der Waals surface area contributed by atoms with Crippen molar-refractivity contribution in [1.29, 1.82) is 0 Å². The van der Waals surface area contributed by atoms with E-state index < -0.39 is 0 Å².